The summed E-state index contributed by atoms with van der Waals surface area (Å²) in [4.78, 5) is 24.7. The standard InChI is InChI=1S/C23H34N10O2/c1-14-8-10-18(34-14)28-20-26-17(27-22(29-20)32(6)7)12-13-33(19-11-9-15(2)35-19)23-25-16(3)24-21(30-23)31(4)5/h8-11,16-17H,12-13H2,1-7H3,(H,24,25,30)(H2,26,27,28,29). The van der Waals surface area contributed by atoms with Gasteiger partial charge < -0.3 is 18.6 Å². The highest BCUT2D eigenvalue weighted by molar-refractivity contribution is 6.07. The molecule has 4 rings (SSSR count). The minimum absolute atomic E-state index is 0.218. The van der Waals surface area contributed by atoms with Crippen molar-refractivity contribution in [1.82, 2.24) is 20.4 Å². The summed E-state index contributed by atoms with van der Waals surface area (Å²) < 4.78 is 11.6. The normalized spacial score (nSPS) is 19.5. The van der Waals surface area contributed by atoms with Crippen LogP contribution in [0.1, 0.15) is 24.9 Å². The van der Waals surface area contributed by atoms with Crippen LogP contribution in [-0.2, 0) is 0 Å². The fourth-order valence-electron chi connectivity index (χ4n) is 3.57. The molecular formula is C23H34N10O2. The van der Waals surface area contributed by atoms with Crippen molar-refractivity contribution in [2.45, 2.75) is 39.5 Å². The Balaban J connectivity index is 1.55. The summed E-state index contributed by atoms with van der Waals surface area (Å²) in [5.74, 6) is 5.65. The van der Waals surface area contributed by atoms with Crippen LogP contribution in [0.2, 0.25) is 0 Å². The van der Waals surface area contributed by atoms with E-state index in [0.29, 0.717) is 42.6 Å². The number of guanidine groups is 4. The highest BCUT2D eigenvalue weighted by Gasteiger charge is 2.26. The van der Waals surface area contributed by atoms with Gasteiger partial charge in [0, 0.05) is 53.3 Å². The molecule has 12 heteroatoms. The van der Waals surface area contributed by atoms with Crippen LogP contribution in [0.5, 0.6) is 0 Å². The summed E-state index contributed by atoms with van der Waals surface area (Å²) in [5, 5.41) is 9.74. The van der Waals surface area contributed by atoms with Crippen molar-refractivity contribution in [1.29, 1.82) is 0 Å². The van der Waals surface area contributed by atoms with Gasteiger partial charge in [-0.2, -0.15) is 0 Å². The first-order valence-corrected chi connectivity index (χ1v) is 11.6. The second-order valence-electron chi connectivity index (χ2n) is 8.85. The van der Waals surface area contributed by atoms with Gasteiger partial charge in [0.2, 0.25) is 29.7 Å². The number of anilines is 2. The van der Waals surface area contributed by atoms with E-state index in [1.807, 2.05) is 87.9 Å². The summed E-state index contributed by atoms with van der Waals surface area (Å²) >= 11 is 0. The third-order valence-electron chi connectivity index (χ3n) is 5.31. The van der Waals surface area contributed by atoms with Crippen LogP contribution < -0.4 is 20.9 Å². The Hall–Kier alpha value is -3.96. The first-order chi connectivity index (χ1) is 16.7. The second-order valence-corrected chi connectivity index (χ2v) is 8.85. The van der Waals surface area contributed by atoms with Gasteiger partial charge in [-0.25, -0.2) is 20.0 Å². The van der Waals surface area contributed by atoms with Crippen LogP contribution >= 0.6 is 0 Å². The molecule has 2 aromatic rings. The fourth-order valence-corrected chi connectivity index (χ4v) is 3.57. The number of nitrogens with zero attached hydrogens (tertiary/aromatic N) is 7. The van der Waals surface area contributed by atoms with Crippen LogP contribution in [0, 0.1) is 13.8 Å². The molecule has 0 radical (unpaired) electrons. The zero-order valence-corrected chi connectivity index (χ0v) is 21.3. The maximum Gasteiger partial charge on any atom is 0.209 e. The van der Waals surface area contributed by atoms with Gasteiger partial charge in [-0.05, 0) is 32.9 Å². The number of aliphatic imine (C=N–C) groups is 4. The van der Waals surface area contributed by atoms with E-state index in [1.54, 1.807) is 0 Å². The van der Waals surface area contributed by atoms with E-state index in [9.17, 15) is 0 Å². The van der Waals surface area contributed by atoms with Crippen molar-refractivity contribution in [3.05, 3.63) is 35.8 Å². The van der Waals surface area contributed by atoms with Gasteiger partial charge >= 0.3 is 0 Å². The molecule has 0 bridgehead atoms. The molecule has 2 aliphatic rings. The minimum Gasteiger partial charge on any atom is -0.446 e. The summed E-state index contributed by atoms with van der Waals surface area (Å²) in [6.45, 7) is 6.34. The maximum absolute atomic E-state index is 5.97. The lowest BCUT2D eigenvalue weighted by atomic mass is 10.3. The van der Waals surface area contributed by atoms with Gasteiger partial charge in [0.15, 0.2) is 5.88 Å². The van der Waals surface area contributed by atoms with Gasteiger partial charge in [-0.15, -0.1) is 0 Å². The first-order valence-electron chi connectivity index (χ1n) is 11.6. The van der Waals surface area contributed by atoms with Gasteiger partial charge in [-0.1, -0.05) is 0 Å². The van der Waals surface area contributed by atoms with Crippen LogP contribution in [0.3, 0.4) is 0 Å². The minimum atomic E-state index is -0.325. The van der Waals surface area contributed by atoms with Crippen molar-refractivity contribution >= 4 is 35.6 Å². The number of rotatable bonds is 5. The Morgan fingerprint density at radius 1 is 0.829 bits per heavy atom. The highest BCUT2D eigenvalue weighted by atomic mass is 16.4. The number of furan rings is 2. The van der Waals surface area contributed by atoms with E-state index in [1.165, 1.54) is 0 Å². The van der Waals surface area contributed by atoms with Crippen molar-refractivity contribution in [2.24, 2.45) is 20.0 Å². The Kier molecular flexibility index (Phi) is 6.99. The van der Waals surface area contributed by atoms with Gasteiger partial charge in [0.05, 0.1) is 0 Å². The SMILES string of the molecule is Cc1ccc(NC2=NC(CCN(C3=NC(C)N=C(N(C)C)N3)c3ccc(C)o3)N=C(N(C)C)N2)o1. The zero-order chi connectivity index (χ0) is 25.1. The number of hydrogen-bond acceptors (Lipinski definition) is 12. The number of hydrogen-bond donors (Lipinski definition) is 3. The Bertz CT molecular complexity index is 1160. The molecule has 2 aliphatic heterocycles. The molecule has 0 aliphatic carbocycles. The predicted molar refractivity (Wildman–Crippen MR) is 139 cm³/mol. The second kappa shape index (κ2) is 10.1. The average molecular weight is 483 g/mol. The predicted octanol–water partition coefficient (Wildman–Crippen LogP) is 2.22. The average Bonchev–Trinajstić information content (AvgIpc) is 3.41. The van der Waals surface area contributed by atoms with E-state index in [0.717, 1.165) is 17.5 Å². The largest absolute Gasteiger partial charge is 0.446 e. The summed E-state index contributed by atoms with van der Waals surface area (Å²) in [6.07, 6.45) is 0.0735. The fraction of sp³-hybridized carbons (Fsp3) is 0.478. The number of aryl methyl sites for hydroxylation is 2. The molecule has 0 saturated heterocycles. The monoisotopic (exact) mass is 482 g/mol. The highest BCUT2D eigenvalue weighted by Crippen LogP contribution is 2.21. The van der Waals surface area contributed by atoms with Crippen molar-refractivity contribution in [2.75, 3.05) is 45.0 Å². The molecule has 2 aromatic heterocycles. The Morgan fingerprint density at radius 3 is 2.11 bits per heavy atom. The van der Waals surface area contributed by atoms with Crippen LogP contribution in [0.25, 0.3) is 0 Å². The molecule has 0 spiro atoms. The molecule has 0 aromatic carbocycles. The van der Waals surface area contributed by atoms with Crippen LogP contribution in [-0.4, -0.2) is 80.7 Å². The first kappa shape index (κ1) is 24.2. The molecule has 35 heavy (non-hydrogen) atoms. The Morgan fingerprint density at radius 2 is 1.49 bits per heavy atom. The molecule has 2 atom stereocenters. The van der Waals surface area contributed by atoms with Crippen molar-refractivity contribution in [3.63, 3.8) is 0 Å². The lowest BCUT2D eigenvalue weighted by molar-refractivity contribution is 0.518. The third kappa shape index (κ3) is 5.94. The lowest BCUT2D eigenvalue weighted by Gasteiger charge is -2.31. The van der Waals surface area contributed by atoms with E-state index in [4.69, 9.17) is 23.8 Å². The van der Waals surface area contributed by atoms with E-state index >= 15 is 0 Å². The maximum atomic E-state index is 5.97. The van der Waals surface area contributed by atoms with Gasteiger partial charge in [-0.3, -0.25) is 20.9 Å². The molecule has 188 valence electrons. The molecule has 0 fully saturated rings. The Labute approximate surface area is 205 Å². The molecule has 3 N–H and O–H groups in total. The smallest absolute Gasteiger partial charge is 0.209 e. The van der Waals surface area contributed by atoms with Gasteiger partial charge in [0.25, 0.3) is 0 Å². The topological polar surface area (TPSA) is 122 Å². The summed E-state index contributed by atoms with van der Waals surface area (Å²) in [6, 6.07) is 7.65. The van der Waals surface area contributed by atoms with Crippen LogP contribution in [0.4, 0.5) is 11.8 Å². The van der Waals surface area contributed by atoms with E-state index < -0.39 is 0 Å². The van der Waals surface area contributed by atoms with E-state index in [-0.39, 0.29) is 12.3 Å². The molecule has 0 saturated carbocycles. The van der Waals surface area contributed by atoms with Gasteiger partial charge in [0.1, 0.15) is 23.9 Å². The summed E-state index contributed by atoms with van der Waals surface area (Å²) in [5.41, 5.74) is 0. The third-order valence-corrected chi connectivity index (χ3v) is 5.31. The lowest BCUT2D eigenvalue weighted by Crippen LogP contribution is -2.52. The quantitative estimate of drug-likeness (QED) is 0.593. The molecule has 12 nitrogen and oxygen atoms in total. The molecular weight excluding hydrogens is 448 g/mol. The zero-order valence-electron chi connectivity index (χ0n) is 21.3. The number of nitrogens with one attached hydrogen (secondary N) is 3. The molecule has 4 heterocycles. The van der Waals surface area contributed by atoms with Crippen molar-refractivity contribution < 1.29 is 8.83 Å². The molecule has 2 unspecified atom stereocenters. The van der Waals surface area contributed by atoms with E-state index in [2.05, 4.69) is 20.9 Å². The molecule has 0 amide bonds. The summed E-state index contributed by atoms with van der Waals surface area (Å²) in [7, 11) is 7.76. The van der Waals surface area contributed by atoms with Crippen molar-refractivity contribution in [3.8, 4) is 0 Å². The van der Waals surface area contributed by atoms with Crippen LogP contribution in [0.15, 0.2) is 53.1 Å².